The molecule has 1 nitrogen and oxygen atoms in total. The first-order valence-electron chi connectivity index (χ1n) is 5.24. The minimum absolute atomic E-state index is 0.908. The van der Waals surface area contributed by atoms with E-state index in [9.17, 15) is 0 Å². The second kappa shape index (κ2) is 4.51. The zero-order valence-corrected chi connectivity index (χ0v) is 11.3. The molecular weight excluding hydrogens is 296 g/mol. The fourth-order valence-corrected chi connectivity index (χ4v) is 3.02. The maximum Gasteiger partial charge on any atom is 0.144 e. The summed E-state index contributed by atoms with van der Waals surface area (Å²) in [7, 11) is 0. The summed E-state index contributed by atoms with van der Waals surface area (Å²) in [6.07, 6.45) is 0. The Morgan fingerprint density at radius 3 is 2.29 bits per heavy atom. The number of hydrogen-bond acceptors (Lipinski definition) is 2. The summed E-state index contributed by atoms with van der Waals surface area (Å²) in [5.41, 5.74) is 1.11. The molecule has 3 aromatic rings. The fourth-order valence-electron chi connectivity index (χ4n) is 1.67. The Kier molecular flexibility index (Phi) is 2.87. The number of benzene rings is 1. The second-order valence-electron chi connectivity index (χ2n) is 3.63. The van der Waals surface area contributed by atoms with Gasteiger partial charge in [0, 0.05) is 5.56 Å². The third-order valence-electron chi connectivity index (χ3n) is 2.48. The molecule has 17 heavy (non-hydrogen) atoms. The number of hydrogen-bond donors (Lipinski definition) is 0. The summed E-state index contributed by atoms with van der Waals surface area (Å²) in [5, 5.41) is 0. The molecule has 1 aromatic carbocycles. The van der Waals surface area contributed by atoms with Crippen LogP contribution in [0.5, 0.6) is 0 Å². The maximum absolute atomic E-state index is 5.86. The highest BCUT2D eigenvalue weighted by molar-refractivity contribution is 9.11. The van der Waals surface area contributed by atoms with E-state index in [1.165, 1.54) is 0 Å². The van der Waals surface area contributed by atoms with Crippen LogP contribution >= 0.6 is 27.3 Å². The van der Waals surface area contributed by atoms with E-state index in [4.69, 9.17) is 4.42 Å². The van der Waals surface area contributed by atoms with Crippen LogP contribution in [-0.4, -0.2) is 0 Å². The third kappa shape index (κ3) is 2.21. The molecule has 3 heteroatoms. The highest BCUT2D eigenvalue weighted by Crippen LogP contribution is 2.34. The third-order valence-corrected chi connectivity index (χ3v) is 4.12. The van der Waals surface area contributed by atoms with Gasteiger partial charge in [-0.2, -0.15) is 0 Å². The average molecular weight is 305 g/mol. The van der Waals surface area contributed by atoms with Crippen molar-refractivity contribution in [1.29, 1.82) is 0 Å². The highest BCUT2D eigenvalue weighted by Gasteiger charge is 2.08. The maximum atomic E-state index is 5.86. The summed E-state index contributed by atoms with van der Waals surface area (Å²) in [4.78, 5) is 1.14. The van der Waals surface area contributed by atoms with Gasteiger partial charge in [0.1, 0.15) is 11.5 Å². The molecule has 0 N–H and O–H groups in total. The molecule has 0 saturated heterocycles. The predicted molar refractivity (Wildman–Crippen MR) is 75.2 cm³/mol. The molecule has 0 spiro atoms. The zero-order valence-electron chi connectivity index (χ0n) is 8.89. The summed E-state index contributed by atoms with van der Waals surface area (Å²) >= 11 is 5.13. The average Bonchev–Trinajstić information content (AvgIpc) is 2.98. The van der Waals surface area contributed by atoms with Crippen LogP contribution in [0.4, 0.5) is 0 Å². The van der Waals surface area contributed by atoms with E-state index in [-0.39, 0.29) is 0 Å². The lowest BCUT2D eigenvalue weighted by Gasteiger charge is -1.95. The van der Waals surface area contributed by atoms with Crippen LogP contribution in [0.25, 0.3) is 22.0 Å². The van der Waals surface area contributed by atoms with Crippen molar-refractivity contribution in [2.45, 2.75) is 0 Å². The molecule has 3 rings (SSSR count). The van der Waals surface area contributed by atoms with Crippen molar-refractivity contribution in [3.8, 4) is 22.0 Å². The van der Waals surface area contributed by atoms with E-state index in [1.54, 1.807) is 11.3 Å². The molecule has 0 unspecified atom stereocenters. The first-order valence-corrected chi connectivity index (χ1v) is 6.85. The van der Waals surface area contributed by atoms with Gasteiger partial charge < -0.3 is 4.42 Å². The van der Waals surface area contributed by atoms with Gasteiger partial charge in [0.05, 0.1) is 8.66 Å². The summed E-state index contributed by atoms with van der Waals surface area (Å²) in [6.45, 7) is 0. The van der Waals surface area contributed by atoms with Crippen molar-refractivity contribution in [3.05, 3.63) is 58.4 Å². The molecule has 2 aromatic heterocycles. The second-order valence-corrected chi connectivity index (χ2v) is 6.10. The summed E-state index contributed by atoms with van der Waals surface area (Å²) < 4.78 is 6.97. The first kappa shape index (κ1) is 10.8. The number of rotatable bonds is 2. The van der Waals surface area contributed by atoms with Gasteiger partial charge in [-0.3, -0.25) is 0 Å². The van der Waals surface area contributed by atoms with E-state index >= 15 is 0 Å². The smallest absolute Gasteiger partial charge is 0.144 e. The van der Waals surface area contributed by atoms with Gasteiger partial charge in [-0.05, 0) is 40.2 Å². The molecule has 0 aliphatic heterocycles. The van der Waals surface area contributed by atoms with E-state index in [0.29, 0.717) is 0 Å². The Morgan fingerprint density at radius 2 is 1.59 bits per heavy atom. The van der Waals surface area contributed by atoms with E-state index in [0.717, 1.165) is 25.7 Å². The molecule has 84 valence electrons. The Hall–Kier alpha value is -1.32. The van der Waals surface area contributed by atoms with Crippen molar-refractivity contribution in [1.82, 2.24) is 0 Å². The van der Waals surface area contributed by atoms with Crippen LogP contribution in [0.3, 0.4) is 0 Å². The van der Waals surface area contributed by atoms with E-state index in [2.05, 4.69) is 22.0 Å². The van der Waals surface area contributed by atoms with Crippen LogP contribution in [0, 0.1) is 0 Å². The van der Waals surface area contributed by atoms with E-state index in [1.807, 2.05) is 48.5 Å². The van der Waals surface area contributed by atoms with Crippen LogP contribution in [0.1, 0.15) is 0 Å². The van der Waals surface area contributed by atoms with Gasteiger partial charge in [-0.25, -0.2) is 0 Å². The molecule has 0 amide bonds. The first-order chi connectivity index (χ1) is 8.33. The lowest BCUT2D eigenvalue weighted by molar-refractivity contribution is 0.599. The largest absolute Gasteiger partial charge is 0.455 e. The van der Waals surface area contributed by atoms with Crippen LogP contribution in [-0.2, 0) is 0 Å². The molecule has 2 heterocycles. The lowest BCUT2D eigenvalue weighted by Crippen LogP contribution is -1.70. The molecule has 0 radical (unpaired) electrons. The normalized spacial score (nSPS) is 10.6. The quantitative estimate of drug-likeness (QED) is 0.614. The Bertz CT molecular complexity index is 624. The van der Waals surface area contributed by atoms with Gasteiger partial charge in [0.15, 0.2) is 0 Å². The fraction of sp³-hybridized carbons (Fsp3) is 0. The minimum Gasteiger partial charge on any atom is -0.455 e. The zero-order chi connectivity index (χ0) is 11.7. The molecule has 0 bridgehead atoms. The standard InChI is InChI=1S/C14H9BrOS/c15-14-9-8-13(17-14)12-7-6-11(16-12)10-4-2-1-3-5-10/h1-9H. The predicted octanol–water partition coefficient (Wildman–Crippen LogP) is 5.44. The minimum atomic E-state index is 0.908. The van der Waals surface area contributed by atoms with Crippen LogP contribution < -0.4 is 0 Å². The van der Waals surface area contributed by atoms with Crippen molar-refractivity contribution < 1.29 is 4.42 Å². The molecule has 0 atom stereocenters. The van der Waals surface area contributed by atoms with Crippen molar-refractivity contribution in [3.63, 3.8) is 0 Å². The molecule has 0 aliphatic rings. The molecule has 0 aliphatic carbocycles. The van der Waals surface area contributed by atoms with Crippen molar-refractivity contribution in [2.75, 3.05) is 0 Å². The van der Waals surface area contributed by atoms with E-state index < -0.39 is 0 Å². The Morgan fingerprint density at radius 1 is 0.824 bits per heavy atom. The van der Waals surface area contributed by atoms with Crippen LogP contribution in [0.15, 0.2) is 62.8 Å². The van der Waals surface area contributed by atoms with Gasteiger partial charge in [0.25, 0.3) is 0 Å². The Labute approximate surface area is 112 Å². The number of furan rings is 1. The van der Waals surface area contributed by atoms with Crippen LogP contribution in [0.2, 0.25) is 0 Å². The van der Waals surface area contributed by atoms with Crippen molar-refractivity contribution >= 4 is 27.3 Å². The van der Waals surface area contributed by atoms with Gasteiger partial charge in [-0.15, -0.1) is 11.3 Å². The lowest BCUT2D eigenvalue weighted by atomic mass is 10.2. The monoisotopic (exact) mass is 304 g/mol. The summed E-state index contributed by atoms with van der Waals surface area (Å²) in [5.74, 6) is 1.82. The molecule has 0 saturated carbocycles. The number of thiophene rings is 1. The van der Waals surface area contributed by atoms with Gasteiger partial charge in [0.2, 0.25) is 0 Å². The SMILES string of the molecule is Brc1ccc(-c2ccc(-c3ccccc3)o2)s1. The summed E-state index contributed by atoms with van der Waals surface area (Å²) in [6, 6.07) is 18.2. The number of halogens is 1. The topological polar surface area (TPSA) is 13.1 Å². The Balaban J connectivity index is 1.99. The van der Waals surface area contributed by atoms with Gasteiger partial charge in [-0.1, -0.05) is 30.3 Å². The van der Waals surface area contributed by atoms with Crippen molar-refractivity contribution in [2.24, 2.45) is 0 Å². The molecule has 0 fully saturated rings. The molecular formula is C14H9BrOS. The van der Waals surface area contributed by atoms with Gasteiger partial charge >= 0.3 is 0 Å². The highest BCUT2D eigenvalue weighted by atomic mass is 79.9.